The summed E-state index contributed by atoms with van der Waals surface area (Å²) in [5.74, 6) is 1.74. The third-order valence-corrected chi connectivity index (χ3v) is 7.99. The van der Waals surface area contributed by atoms with E-state index in [-0.39, 0.29) is 17.9 Å². The van der Waals surface area contributed by atoms with Crippen molar-refractivity contribution in [3.05, 3.63) is 28.8 Å². The number of anilines is 1. The maximum Gasteiger partial charge on any atom is 0.225 e. The Morgan fingerprint density at radius 1 is 1.29 bits per heavy atom. The second-order valence-corrected chi connectivity index (χ2v) is 10.3. The summed E-state index contributed by atoms with van der Waals surface area (Å²) in [6, 6.07) is 8.03. The van der Waals surface area contributed by atoms with E-state index in [0.717, 1.165) is 30.8 Å². The Kier molecular flexibility index (Phi) is 8.33. The Morgan fingerprint density at radius 3 is 2.68 bits per heavy atom. The van der Waals surface area contributed by atoms with Crippen LogP contribution in [0.3, 0.4) is 0 Å². The number of hydrogen-bond donors (Lipinski definition) is 2. The average molecular weight is 486 g/mol. The van der Waals surface area contributed by atoms with Gasteiger partial charge in [-0.1, -0.05) is 31.4 Å². The van der Waals surface area contributed by atoms with Crippen molar-refractivity contribution >= 4 is 29.0 Å². The fourth-order valence-corrected chi connectivity index (χ4v) is 5.80. The van der Waals surface area contributed by atoms with Gasteiger partial charge in [-0.15, -0.1) is 0 Å². The van der Waals surface area contributed by atoms with Crippen molar-refractivity contribution in [1.29, 1.82) is 5.26 Å². The molecule has 2 atom stereocenters. The summed E-state index contributed by atoms with van der Waals surface area (Å²) in [4.78, 5) is 19.7. The number of halogens is 1. The second kappa shape index (κ2) is 11.4. The smallest absolute Gasteiger partial charge is 0.225 e. The Hall–Kier alpha value is -2.30. The number of carbonyl (C=O) groups is 1. The molecule has 0 radical (unpaired) electrons. The number of aliphatic hydroxyl groups excluding tert-OH is 1. The van der Waals surface area contributed by atoms with Gasteiger partial charge in [0, 0.05) is 32.0 Å². The Labute approximate surface area is 207 Å². The molecule has 4 rings (SSSR count). The van der Waals surface area contributed by atoms with E-state index in [1.54, 1.807) is 6.07 Å². The molecule has 184 valence electrons. The highest BCUT2D eigenvalue weighted by atomic mass is 35.5. The molecule has 0 bridgehead atoms. The van der Waals surface area contributed by atoms with Crippen molar-refractivity contribution in [2.24, 2.45) is 16.8 Å². The molecule has 0 spiro atoms. The lowest BCUT2D eigenvalue weighted by Gasteiger charge is -2.32. The monoisotopic (exact) mass is 485 g/mol. The van der Waals surface area contributed by atoms with Gasteiger partial charge in [0.25, 0.3) is 0 Å². The number of amidine groups is 1. The molecule has 2 N–H and O–H groups in total. The molecule has 1 amide bonds. The average Bonchev–Trinajstić information content (AvgIpc) is 3.52. The molecular formula is C26H36ClN5O2. The van der Waals surface area contributed by atoms with Gasteiger partial charge in [0.15, 0.2) is 0 Å². The number of rotatable bonds is 7. The normalized spacial score (nSPS) is 23.8. The standard InChI is InChI=1S/C26H36ClN5O2/c1-2-18(26(34)31-13-10-22(33)11-14-31)9-12-29-25-16-24(19-5-3-4-6-19)32(30-25)21-8-7-20(17-28)23(27)15-21/h7-8,15,18-19,22,24,33H,2-6,9-14,16H2,1H3,(H,29,30). The van der Waals surface area contributed by atoms with E-state index in [9.17, 15) is 15.2 Å². The minimum absolute atomic E-state index is 0.0277. The summed E-state index contributed by atoms with van der Waals surface area (Å²) in [6.45, 7) is 3.98. The fourth-order valence-electron chi connectivity index (χ4n) is 5.58. The van der Waals surface area contributed by atoms with Gasteiger partial charge >= 0.3 is 0 Å². The SMILES string of the molecule is CCC(CCN=C1CC(C2CCCC2)N(c2ccc(C#N)c(Cl)c2)N1)C(=O)N1CCC(O)CC1. The van der Waals surface area contributed by atoms with Gasteiger partial charge in [-0.3, -0.25) is 20.2 Å². The number of amides is 1. The molecule has 3 aliphatic rings. The van der Waals surface area contributed by atoms with Crippen LogP contribution in [0.15, 0.2) is 23.2 Å². The zero-order chi connectivity index (χ0) is 24.1. The third kappa shape index (κ3) is 5.67. The number of benzene rings is 1. The van der Waals surface area contributed by atoms with Crippen molar-refractivity contribution in [2.75, 3.05) is 24.6 Å². The Morgan fingerprint density at radius 2 is 2.03 bits per heavy atom. The molecule has 1 aliphatic carbocycles. The topological polar surface area (TPSA) is 92.0 Å². The number of likely N-dealkylation sites (tertiary alicyclic amines) is 1. The van der Waals surface area contributed by atoms with E-state index in [1.165, 1.54) is 25.7 Å². The van der Waals surface area contributed by atoms with E-state index in [4.69, 9.17) is 16.6 Å². The minimum atomic E-state index is -0.272. The molecule has 3 fully saturated rings. The summed E-state index contributed by atoms with van der Waals surface area (Å²) in [6.07, 6.45) is 8.44. The molecule has 1 aromatic carbocycles. The van der Waals surface area contributed by atoms with Gasteiger partial charge < -0.3 is 10.0 Å². The van der Waals surface area contributed by atoms with E-state index in [1.807, 2.05) is 17.0 Å². The largest absolute Gasteiger partial charge is 0.393 e. The van der Waals surface area contributed by atoms with E-state index < -0.39 is 0 Å². The highest BCUT2D eigenvalue weighted by Gasteiger charge is 2.37. The van der Waals surface area contributed by atoms with E-state index >= 15 is 0 Å². The zero-order valence-corrected chi connectivity index (χ0v) is 20.8. The fraction of sp³-hybridized carbons (Fsp3) is 0.654. The van der Waals surface area contributed by atoms with Crippen LogP contribution < -0.4 is 10.4 Å². The van der Waals surface area contributed by atoms with Crippen molar-refractivity contribution in [2.45, 2.75) is 76.9 Å². The lowest BCUT2D eigenvalue weighted by Crippen LogP contribution is -2.43. The molecule has 1 saturated carbocycles. The predicted octanol–water partition coefficient (Wildman–Crippen LogP) is 4.28. The minimum Gasteiger partial charge on any atom is -0.393 e. The third-order valence-electron chi connectivity index (χ3n) is 7.68. The zero-order valence-electron chi connectivity index (χ0n) is 20.0. The summed E-state index contributed by atoms with van der Waals surface area (Å²) in [7, 11) is 0. The summed E-state index contributed by atoms with van der Waals surface area (Å²) in [5.41, 5.74) is 4.95. The van der Waals surface area contributed by atoms with Crippen LogP contribution in [0, 0.1) is 23.2 Å². The summed E-state index contributed by atoms with van der Waals surface area (Å²) < 4.78 is 0. The van der Waals surface area contributed by atoms with Crippen LogP contribution in [-0.2, 0) is 4.79 Å². The number of carbonyl (C=O) groups excluding carboxylic acids is 1. The summed E-state index contributed by atoms with van der Waals surface area (Å²) in [5, 5.41) is 21.6. The van der Waals surface area contributed by atoms with Gasteiger partial charge in [-0.05, 0) is 62.6 Å². The number of hydrazine groups is 1. The van der Waals surface area contributed by atoms with Crippen LogP contribution >= 0.6 is 11.6 Å². The van der Waals surface area contributed by atoms with Crippen LogP contribution in [0.4, 0.5) is 5.69 Å². The molecule has 1 aromatic rings. The maximum absolute atomic E-state index is 12.9. The van der Waals surface area contributed by atoms with E-state index in [2.05, 4.69) is 23.4 Å². The first-order chi connectivity index (χ1) is 16.5. The maximum atomic E-state index is 12.9. The quantitative estimate of drug-likeness (QED) is 0.601. The molecule has 0 aromatic heterocycles. The number of hydrogen-bond acceptors (Lipinski definition) is 5. The van der Waals surface area contributed by atoms with Gasteiger partial charge in [-0.25, -0.2) is 0 Å². The van der Waals surface area contributed by atoms with Gasteiger partial charge in [0.2, 0.25) is 5.91 Å². The molecule has 8 heteroatoms. The highest BCUT2D eigenvalue weighted by molar-refractivity contribution is 6.32. The van der Waals surface area contributed by atoms with Gasteiger partial charge in [0.05, 0.1) is 28.4 Å². The Bertz CT molecular complexity index is 932. The number of nitrogens with one attached hydrogen (secondary N) is 1. The number of nitriles is 1. The highest BCUT2D eigenvalue weighted by Crippen LogP contribution is 2.36. The molecular weight excluding hydrogens is 450 g/mol. The second-order valence-electron chi connectivity index (χ2n) is 9.85. The molecule has 34 heavy (non-hydrogen) atoms. The van der Waals surface area contributed by atoms with Gasteiger partial charge in [0.1, 0.15) is 11.9 Å². The molecule has 2 unspecified atom stereocenters. The van der Waals surface area contributed by atoms with E-state index in [0.29, 0.717) is 55.0 Å². The number of aliphatic hydroxyl groups is 1. The first-order valence-electron chi connectivity index (χ1n) is 12.8. The molecule has 7 nitrogen and oxygen atoms in total. The van der Waals surface area contributed by atoms with Crippen molar-refractivity contribution in [3.8, 4) is 6.07 Å². The van der Waals surface area contributed by atoms with Gasteiger partial charge in [-0.2, -0.15) is 5.26 Å². The first-order valence-corrected chi connectivity index (χ1v) is 13.1. The first kappa shape index (κ1) is 24.8. The Balaban J connectivity index is 1.41. The number of piperidine rings is 1. The van der Waals surface area contributed by atoms with Crippen molar-refractivity contribution < 1.29 is 9.90 Å². The predicted molar refractivity (Wildman–Crippen MR) is 135 cm³/mol. The molecule has 2 saturated heterocycles. The molecule has 2 aliphatic heterocycles. The van der Waals surface area contributed by atoms with Crippen LogP contribution in [0.25, 0.3) is 0 Å². The molecule has 2 heterocycles. The summed E-state index contributed by atoms with van der Waals surface area (Å²) >= 11 is 6.33. The van der Waals surface area contributed by atoms with Crippen LogP contribution in [0.5, 0.6) is 0 Å². The van der Waals surface area contributed by atoms with Crippen molar-refractivity contribution in [3.63, 3.8) is 0 Å². The van der Waals surface area contributed by atoms with Crippen LogP contribution in [-0.4, -0.2) is 53.5 Å². The van der Waals surface area contributed by atoms with Crippen molar-refractivity contribution in [1.82, 2.24) is 10.3 Å². The number of nitrogens with zero attached hydrogens (tertiary/aromatic N) is 4. The van der Waals surface area contributed by atoms with Crippen LogP contribution in [0.2, 0.25) is 5.02 Å². The van der Waals surface area contributed by atoms with Crippen LogP contribution in [0.1, 0.15) is 70.3 Å². The lowest BCUT2D eigenvalue weighted by molar-refractivity contribution is -0.137. The number of aliphatic imine (C=N–C) groups is 1. The lowest BCUT2D eigenvalue weighted by atomic mass is 9.95.